The lowest BCUT2D eigenvalue weighted by atomic mass is 10.0. The maximum Gasteiger partial charge on any atom is 0.252 e. The van der Waals surface area contributed by atoms with E-state index in [-0.39, 0.29) is 16.8 Å². The van der Waals surface area contributed by atoms with Gasteiger partial charge in [-0.1, -0.05) is 51.1 Å². The molecular weight excluding hydrogens is 372 g/mol. The maximum atomic E-state index is 12.8. The van der Waals surface area contributed by atoms with Crippen LogP contribution < -0.4 is 5.32 Å². The minimum Gasteiger partial charge on any atom is -0.346 e. The highest BCUT2D eigenvalue weighted by Gasteiger charge is 2.24. The van der Waals surface area contributed by atoms with E-state index in [1.807, 2.05) is 26.0 Å². The molecule has 1 N–H and O–H groups in total. The molecule has 28 heavy (non-hydrogen) atoms. The van der Waals surface area contributed by atoms with Crippen LogP contribution in [0.3, 0.4) is 0 Å². The van der Waals surface area contributed by atoms with Crippen LogP contribution in [0.25, 0.3) is 0 Å². The molecule has 0 saturated carbocycles. The lowest BCUT2D eigenvalue weighted by Gasteiger charge is -2.20. The van der Waals surface area contributed by atoms with Crippen LogP contribution in [0.5, 0.6) is 0 Å². The van der Waals surface area contributed by atoms with E-state index in [9.17, 15) is 13.2 Å². The Morgan fingerprint density at radius 1 is 1.04 bits per heavy atom. The van der Waals surface area contributed by atoms with Crippen LogP contribution in [-0.2, 0) is 16.4 Å². The zero-order valence-corrected chi connectivity index (χ0v) is 18.1. The number of sulfonamides is 1. The Balaban J connectivity index is 2.27. The summed E-state index contributed by atoms with van der Waals surface area (Å²) in [6.45, 7) is 10.2. The lowest BCUT2D eigenvalue weighted by Crippen LogP contribution is -2.31. The summed E-state index contributed by atoms with van der Waals surface area (Å²) in [6, 6.07) is 12.7. The summed E-state index contributed by atoms with van der Waals surface area (Å²) in [7, 11) is -3.61. The van der Waals surface area contributed by atoms with Crippen LogP contribution in [0.4, 0.5) is 0 Å². The second-order valence-electron chi connectivity index (χ2n) is 6.86. The number of carbonyl (C=O) groups excluding carboxylic acids is 1. The van der Waals surface area contributed by atoms with Gasteiger partial charge in [0.15, 0.2) is 0 Å². The molecule has 2 aromatic carbocycles. The zero-order chi connectivity index (χ0) is 20.9. The third-order valence-electron chi connectivity index (χ3n) is 5.03. The molecule has 0 radical (unpaired) electrons. The second kappa shape index (κ2) is 9.34. The molecule has 6 heteroatoms. The molecule has 152 valence electrons. The highest BCUT2D eigenvalue weighted by atomic mass is 32.2. The van der Waals surface area contributed by atoms with Crippen molar-refractivity contribution < 1.29 is 13.2 Å². The summed E-state index contributed by atoms with van der Waals surface area (Å²) in [6.07, 6.45) is 0.966. The summed E-state index contributed by atoms with van der Waals surface area (Å²) in [5.41, 5.74) is 3.37. The molecule has 0 spiro atoms. The molecule has 0 bridgehead atoms. The first-order chi connectivity index (χ1) is 13.2. The quantitative estimate of drug-likeness (QED) is 0.723. The van der Waals surface area contributed by atoms with Crippen molar-refractivity contribution in [2.24, 2.45) is 0 Å². The van der Waals surface area contributed by atoms with Crippen LogP contribution >= 0.6 is 0 Å². The third-order valence-corrected chi connectivity index (χ3v) is 7.08. The van der Waals surface area contributed by atoms with Crippen LogP contribution in [0.1, 0.15) is 60.8 Å². The Bertz CT molecular complexity index is 917. The Labute approximate surface area is 168 Å². The summed E-state index contributed by atoms with van der Waals surface area (Å²) in [4.78, 5) is 13.0. The fraction of sp³-hybridized carbons (Fsp3) is 0.409. The van der Waals surface area contributed by atoms with Crippen molar-refractivity contribution in [3.05, 3.63) is 64.7 Å². The predicted molar refractivity (Wildman–Crippen MR) is 113 cm³/mol. The van der Waals surface area contributed by atoms with Gasteiger partial charge >= 0.3 is 0 Å². The van der Waals surface area contributed by atoms with Crippen molar-refractivity contribution in [2.75, 3.05) is 13.1 Å². The number of benzene rings is 2. The van der Waals surface area contributed by atoms with Crippen LogP contribution in [0.2, 0.25) is 0 Å². The molecule has 0 aliphatic rings. The van der Waals surface area contributed by atoms with Crippen LogP contribution in [0.15, 0.2) is 47.4 Å². The second-order valence-corrected chi connectivity index (χ2v) is 8.79. The largest absolute Gasteiger partial charge is 0.346 e. The molecule has 5 nitrogen and oxygen atoms in total. The van der Waals surface area contributed by atoms with Crippen molar-refractivity contribution in [3.63, 3.8) is 0 Å². The molecule has 1 unspecified atom stereocenters. The SMILES string of the molecule is CCc1ccc(C(C)NC(=O)c2cc(S(=O)(=O)N(CC)CC)ccc2C)cc1. The first-order valence-corrected chi connectivity index (χ1v) is 11.2. The Morgan fingerprint density at radius 2 is 1.64 bits per heavy atom. The first kappa shape index (κ1) is 22.1. The Hall–Kier alpha value is -2.18. The smallest absolute Gasteiger partial charge is 0.252 e. The van der Waals surface area contributed by atoms with Crippen molar-refractivity contribution >= 4 is 15.9 Å². The minimum absolute atomic E-state index is 0.145. The molecule has 2 aromatic rings. The van der Waals surface area contributed by atoms with E-state index in [4.69, 9.17) is 0 Å². The van der Waals surface area contributed by atoms with Crippen molar-refractivity contribution in [2.45, 2.75) is 52.0 Å². The molecule has 0 fully saturated rings. The lowest BCUT2D eigenvalue weighted by molar-refractivity contribution is 0.0939. The highest BCUT2D eigenvalue weighted by molar-refractivity contribution is 7.89. The van der Waals surface area contributed by atoms with Gasteiger partial charge in [0.05, 0.1) is 10.9 Å². The number of hydrogen-bond acceptors (Lipinski definition) is 3. The normalized spacial score (nSPS) is 12.8. The van der Waals surface area contributed by atoms with Gasteiger partial charge in [-0.15, -0.1) is 0 Å². The fourth-order valence-corrected chi connectivity index (χ4v) is 4.60. The van der Waals surface area contributed by atoms with E-state index in [0.717, 1.165) is 17.5 Å². The number of hydrogen-bond donors (Lipinski definition) is 1. The minimum atomic E-state index is -3.61. The van der Waals surface area contributed by atoms with Gasteiger partial charge in [-0.05, 0) is 49.1 Å². The molecule has 0 aliphatic carbocycles. The topological polar surface area (TPSA) is 66.5 Å². The van der Waals surface area contributed by atoms with Gasteiger partial charge in [-0.25, -0.2) is 8.42 Å². The number of nitrogens with one attached hydrogen (secondary N) is 1. The summed E-state index contributed by atoms with van der Waals surface area (Å²) in [5, 5.41) is 2.98. The fourth-order valence-electron chi connectivity index (χ4n) is 3.12. The van der Waals surface area contributed by atoms with E-state index in [1.165, 1.54) is 15.9 Å². The van der Waals surface area contributed by atoms with E-state index in [2.05, 4.69) is 24.4 Å². The van der Waals surface area contributed by atoms with Gasteiger partial charge in [0.1, 0.15) is 0 Å². The number of carbonyl (C=O) groups is 1. The molecule has 1 amide bonds. The van der Waals surface area contributed by atoms with Crippen LogP contribution in [0, 0.1) is 6.92 Å². The Morgan fingerprint density at radius 3 is 2.18 bits per heavy atom. The van der Waals surface area contributed by atoms with Gasteiger partial charge in [-0.3, -0.25) is 4.79 Å². The zero-order valence-electron chi connectivity index (χ0n) is 17.3. The average molecular weight is 403 g/mol. The number of rotatable bonds is 8. The summed E-state index contributed by atoms with van der Waals surface area (Å²) < 4.78 is 26.9. The standard InChI is InChI=1S/C22H30N2O3S/c1-6-18-10-12-19(13-11-18)17(5)23-22(25)21-15-20(14-9-16(21)4)28(26,27)24(7-2)8-3/h9-15,17H,6-8H2,1-5H3,(H,23,25). The maximum absolute atomic E-state index is 12.8. The van der Waals surface area contributed by atoms with Gasteiger partial charge in [0.2, 0.25) is 10.0 Å². The van der Waals surface area contributed by atoms with E-state index in [0.29, 0.717) is 18.7 Å². The number of aryl methyl sites for hydroxylation is 2. The van der Waals surface area contributed by atoms with Gasteiger partial charge < -0.3 is 5.32 Å². The summed E-state index contributed by atoms with van der Waals surface area (Å²) >= 11 is 0. The van der Waals surface area contributed by atoms with Crippen molar-refractivity contribution in [1.82, 2.24) is 9.62 Å². The van der Waals surface area contributed by atoms with E-state index < -0.39 is 10.0 Å². The van der Waals surface area contributed by atoms with E-state index >= 15 is 0 Å². The summed E-state index contributed by atoms with van der Waals surface area (Å²) in [5.74, 6) is -0.277. The van der Waals surface area contributed by atoms with Crippen molar-refractivity contribution in [3.8, 4) is 0 Å². The van der Waals surface area contributed by atoms with Crippen molar-refractivity contribution in [1.29, 1.82) is 0 Å². The molecule has 2 rings (SSSR count). The molecule has 0 heterocycles. The average Bonchev–Trinajstić information content (AvgIpc) is 2.68. The molecular formula is C22H30N2O3S. The highest BCUT2D eigenvalue weighted by Crippen LogP contribution is 2.21. The number of amides is 1. The van der Waals surface area contributed by atoms with Crippen LogP contribution in [-0.4, -0.2) is 31.7 Å². The Kier molecular flexibility index (Phi) is 7.38. The molecule has 0 saturated heterocycles. The number of nitrogens with zero attached hydrogens (tertiary/aromatic N) is 1. The monoisotopic (exact) mass is 402 g/mol. The van der Waals surface area contributed by atoms with Gasteiger partial charge in [0, 0.05) is 18.7 Å². The molecule has 0 aromatic heterocycles. The van der Waals surface area contributed by atoms with Gasteiger partial charge in [-0.2, -0.15) is 4.31 Å². The third kappa shape index (κ3) is 4.80. The first-order valence-electron chi connectivity index (χ1n) is 9.75. The predicted octanol–water partition coefficient (Wildman–Crippen LogP) is 4.08. The van der Waals surface area contributed by atoms with Gasteiger partial charge in [0.25, 0.3) is 5.91 Å². The van der Waals surface area contributed by atoms with E-state index in [1.54, 1.807) is 26.0 Å². The molecule has 1 atom stereocenters. The molecule has 0 aliphatic heterocycles.